The highest BCUT2D eigenvalue weighted by molar-refractivity contribution is 7.98. The molecule has 3 aliphatic heterocycles. The molecule has 1 spiro atoms. The molecule has 1 saturated carbocycles. The van der Waals surface area contributed by atoms with E-state index in [-0.39, 0.29) is 29.8 Å². The lowest BCUT2D eigenvalue weighted by Crippen LogP contribution is -2.99. The smallest absolute Gasteiger partial charge is 0.291 e. The van der Waals surface area contributed by atoms with E-state index in [1.54, 1.807) is 16.7 Å². The summed E-state index contributed by atoms with van der Waals surface area (Å²) in [5, 5.41) is 5.19. The van der Waals surface area contributed by atoms with E-state index in [0.717, 1.165) is 60.2 Å². The van der Waals surface area contributed by atoms with Crippen LogP contribution in [-0.4, -0.2) is 46.7 Å². The second-order valence-electron chi connectivity index (χ2n) is 10.1. The van der Waals surface area contributed by atoms with Crippen molar-refractivity contribution in [2.24, 2.45) is 11.8 Å². The zero-order valence-electron chi connectivity index (χ0n) is 19.3. The summed E-state index contributed by atoms with van der Waals surface area (Å²) < 4.78 is 0. The Kier molecular flexibility index (Phi) is 5.61. The monoisotopic (exact) mass is 456 g/mol. The lowest BCUT2D eigenvalue weighted by atomic mass is 9.76. The number of nitrogens with two attached hydrogens (primary N) is 1. The van der Waals surface area contributed by atoms with Gasteiger partial charge >= 0.3 is 0 Å². The Hall–Kier alpha value is -1.86. The number of anilines is 1. The van der Waals surface area contributed by atoms with Gasteiger partial charge in [-0.3, -0.25) is 19.3 Å². The second-order valence-corrected chi connectivity index (χ2v) is 11.0. The second kappa shape index (κ2) is 8.17. The van der Waals surface area contributed by atoms with Crippen LogP contribution in [0.5, 0.6) is 0 Å². The molecule has 2 saturated heterocycles. The van der Waals surface area contributed by atoms with Gasteiger partial charge in [0.15, 0.2) is 0 Å². The number of benzene rings is 1. The molecular formula is C25H34N3O3S+. The average molecular weight is 457 g/mol. The van der Waals surface area contributed by atoms with Crippen molar-refractivity contribution in [1.82, 2.24) is 4.90 Å². The van der Waals surface area contributed by atoms with Crippen molar-refractivity contribution in [3.05, 3.63) is 28.8 Å². The standard InChI is InChI=1S/C25H33N3O3S/c1-14-10-11-17-21(15(14)2)26-24(31)25(17)20-19(18(27-25)12-13-32-3)22(29)28(23(20)30)16-8-6-4-5-7-9-16/h10-11,16,18-20,27H,4-9,12-13H2,1-3H3,(H,26,31)/p+1/t18-,19-,20+,25-/m1/s1. The summed E-state index contributed by atoms with van der Waals surface area (Å²) >= 11 is 1.75. The third-order valence-electron chi connectivity index (χ3n) is 8.45. The highest BCUT2D eigenvalue weighted by Gasteiger charge is 2.74. The lowest BCUT2D eigenvalue weighted by Gasteiger charge is -2.30. The zero-order valence-corrected chi connectivity index (χ0v) is 20.1. The maximum Gasteiger partial charge on any atom is 0.291 e. The minimum absolute atomic E-state index is 0.00922. The first-order valence-corrected chi connectivity index (χ1v) is 13.4. The van der Waals surface area contributed by atoms with Gasteiger partial charge in [0, 0.05) is 18.0 Å². The summed E-state index contributed by atoms with van der Waals surface area (Å²) in [7, 11) is 0. The number of hydrogen-bond donors (Lipinski definition) is 2. The van der Waals surface area contributed by atoms with Crippen LogP contribution in [0.2, 0.25) is 0 Å². The van der Waals surface area contributed by atoms with E-state index in [1.807, 2.05) is 26.0 Å². The molecule has 1 aromatic rings. The molecule has 3 fully saturated rings. The molecule has 3 heterocycles. The number of aryl methyl sites for hydroxylation is 1. The SMILES string of the molecule is CSCC[C@H]1[NH2+][C@@]2(C(=O)Nc3c2ccc(C)c3C)[C@@H]2C(=O)N(C3CCCCCC3)C(=O)[C@@H]21. The molecule has 5 rings (SSSR count). The molecule has 0 aromatic heterocycles. The van der Waals surface area contributed by atoms with Crippen LogP contribution in [-0.2, 0) is 19.9 Å². The van der Waals surface area contributed by atoms with Crippen molar-refractivity contribution in [3.63, 3.8) is 0 Å². The predicted octanol–water partition coefficient (Wildman–Crippen LogP) is 2.47. The first-order valence-electron chi connectivity index (χ1n) is 12.1. The summed E-state index contributed by atoms with van der Waals surface area (Å²) in [6.45, 7) is 4.05. The molecule has 3 N–H and O–H groups in total. The molecule has 4 aliphatic rings. The number of nitrogens with one attached hydrogen (secondary N) is 1. The van der Waals surface area contributed by atoms with E-state index < -0.39 is 17.4 Å². The quantitative estimate of drug-likeness (QED) is 0.539. The number of quaternary nitrogens is 1. The molecule has 32 heavy (non-hydrogen) atoms. The van der Waals surface area contributed by atoms with E-state index >= 15 is 0 Å². The zero-order chi connectivity index (χ0) is 22.6. The van der Waals surface area contributed by atoms with E-state index in [1.165, 1.54) is 12.8 Å². The topological polar surface area (TPSA) is 83.1 Å². The number of likely N-dealkylation sites (tertiary alicyclic amines) is 1. The molecule has 1 aliphatic carbocycles. The van der Waals surface area contributed by atoms with Crippen molar-refractivity contribution >= 4 is 35.2 Å². The van der Waals surface area contributed by atoms with E-state index in [4.69, 9.17) is 0 Å². The first kappa shape index (κ1) is 22.0. The van der Waals surface area contributed by atoms with Crippen molar-refractivity contribution < 1.29 is 19.7 Å². The average Bonchev–Trinajstić information content (AvgIpc) is 3.24. The fourth-order valence-electron chi connectivity index (χ4n) is 6.70. The number of carbonyl (C=O) groups excluding carboxylic acids is 3. The van der Waals surface area contributed by atoms with Crippen LogP contribution in [0.15, 0.2) is 12.1 Å². The van der Waals surface area contributed by atoms with Crippen molar-refractivity contribution in [2.75, 3.05) is 17.3 Å². The van der Waals surface area contributed by atoms with Gasteiger partial charge in [-0.15, -0.1) is 0 Å². The van der Waals surface area contributed by atoms with Gasteiger partial charge in [-0.25, -0.2) is 0 Å². The fourth-order valence-corrected chi connectivity index (χ4v) is 7.20. The molecule has 0 radical (unpaired) electrons. The predicted molar refractivity (Wildman–Crippen MR) is 125 cm³/mol. The number of amides is 3. The number of imide groups is 1. The maximum atomic E-state index is 14.0. The molecule has 1 aromatic carbocycles. The number of fused-ring (bicyclic) bond motifs is 4. The van der Waals surface area contributed by atoms with Crippen molar-refractivity contribution in [3.8, 4) is 0 Å². The molecule has 3 amide bonds. The minimum atomic E-state index is -1.03. The van der Waals surface area contributed by atoms with Gasteiger partial charge in [0.05, 0.1) is 5.69 Å². The molecule has 4 atom stereocenters. The van der Waals surface area contributed by atoms with Gasteiger partial charge in [-0.2, -0.15) is 11.8 Å². The number of hydrogen-bond acceptors (Lipinski definition) is 4. The number of carbonyl (C=O) groups is 3. The number of rotatable bonds is 4. The Morgan fingerprint density at radius 2 is 1.81 bits per heavy atom. The largest absolute Gasteiger partial charge is 0.326 e. The summed E-state index contributed by atoms with van der Waals surface area (Å²) in [6.07, 6.45) is 9.12. The third-order valence-corrected chi connectivity index (χ3v) is 9.10. The lowest BCUT2D eigenvalue weighted by molar-refractivity contribution is -0.733. The summed E-state index contributed by atoms with van der Waals surface area (Å²) in [6, 6.07) is 3.98. The Balaban J connectivity index is 1.61. The molecule has 6 nitrogen and oxygen atoms in total. The summed E-state index contributed by atoms with van der Waals surface area (Å²) in [4.78, 5) is 43.1. The minimum Gasteiger partial charge on any atom is -0.326 e. The highest BCUT2D eigenvalue weighted by atomic mass is 32.2. The Morgan fingerprint density at radius 3 is 2.50 bits per heavy atom. The number of thioether (sulfide) groups is 1. The van der Waals surface area contributed by atoms with Crippen LogP contribution in [0.3, 0.4) is 0 Å². The molecule has 7 heteroatoms. The van der Waals surface area contributed by atoms with Gasteiger partial charge < -0.3 is 10.6 Å². The van der Waals surface area contributed by atoms with Crippen molar-refractivity contribution in [2.45, 2.75) is 76.4 Å². The van der Waals surface area contributed by atoms with Crippen LogP contribution >= 0.6 is 11.8 Å². The van der Waals surface area contributed by atoms with Gasteiger partial charge in [-0.05, 0) is 55.9 Å². The Morgan fingerprint density at radius 1 is 1.09 bits per heavy atom. The Bertz CT molecular complexity index is 971. The van der Waals surface area contributed by atoms with Crippen LogP contribution in [0.25, 0.3) is 0 Å². The van der Waals surface area contributed by atoms with Gasteiger partial charge in [0.25, 0.3) is 5.91 Å². The first-order chi connectivity index (χ1) is 15.4. The molecule has 0 unspecified atom stereocenters. The van der Waals surface area contributed by atoms with Gasteiger partial charge in [-0.1, -0.05) is 31.7 Å². The van der Waals surface area contributed by atoms with Crippen molar-refractivity contribution in [1.29, 1.82) is 0 Å². The van der Waals surface area contributed by atoms with E-state index in [2.05, 4.69) is 16.9 Å². The highest BCUT2D eigenvalue weighted by Crippen LogP contribution is 2.51. The van der Waals surface area contributed by atoms with Crippen LogP contribution in [0, 0.1) is 25.7 Å². The van der Waals surface area contributed by atoms with Crippen LogP contribution < -0.4 is 10.6 Å². The third kappa shape index (κ3) is 3.00. The summed E-state index contributed by atoms with van der Waals surface area (Å²) in [5.74, 6) is -0.407. The van der Waals surface area contributed by atoms with Gasteiger partial charge in [0.2, 0.25) is 17.4 Å². The fraction of sp³-hybridized carbons (Fsp3) is 0.640. The van der Waals surface area contributed by atoms with Crippen LogP contribution in [0.4, 0.5) is 5.69 Å². The Labute approximate surface area is 194 Å². The van der Waals surface area contributed by atoms with E-state index in [0.29, 0.717) is 0 Å². The van der Waals surface area contributed by atoms with Crippen LogP contribution in [0.1, 0.15) is 61.6 Å². The van der Waals surface area contributed by atoms with Gasteiger partial charge in [0.1, 0.15) is 17.9 Å². The normalized spacial score (nSPS) is 32.4. The maximum absolute atomic E-state index is 14.0. The molecule has 172 valence electrons. The number of nitrogens with zero attached hydrogens (tertiary/aromatic N) is 1. The summed E-state index contributed by atoms with van der Waals surface area (Å²) in [5.41, 5.74) is 2.85. The molecule has 0 bridgehead atoms. The van der Waals surface area contributed by atoms with E-state index in [9.17, 15) is 14.4 Å². The molecular weight excluding hydrogens is 422 g/mol.